The Morgan fingerprint density at radius 1 is 1.26 bits per heavy atom. The molecule has 4 heterocycles. The highest BCUT2D eigenvalue weighted by Crippen LogP contribution is 2.40. The van der Waals surface area contributed by atoms with E-state index in [1.54, 1.807) is 11.1 Å². The summed E-state index contributed by atoms with van der Waals surface area (Å²) in [5.74, 6) is 0.611. The average Bonchev–Trinajstić information content (AvgIpc) is 3.47. The Labute approximate surface area is 155 Å². The molecule has 1 atom stereocenters. The number of nitrogens with zero attached hydrogens (tertiary/aromatic N) is 5. The summed E-state index contributed by atoms with van der Waals surface area (Å²) in [6, 6.07) is 5.98. The molecule has 1 N–H and O–H groups in total. The Bertz CT molecular complexity index is 934. The van der Waals surface area contributed by atoms with E-state index in [9.17, 15) is 4.79 Å². The zero-order valence-corrected chi connectivity index (χ0v) is 14.5. The number of morpholine rings is 1. The lowest BCUT2D eigenvalue weighted by Gasteiger charge is -2.29. The van der Waals surface area contributed by atoms with E-state index in [1.807, 2.05) is 0 Å². The van der Waals surface area contributed by atoms with Gasteiger partial charge in [0.2, 0.25) is 5.82 Å². The number of H-pyrrole nitrogens is 1. The van der Waals surface area contributed by atoms with E-state index < -0.39 is 0 Å². The van der Waals surface area contributed by atoms with E-state index in [2.05, 4.69) is 43.3 Å². The van der Waals surface area contributed by atoms with Crippen molar-refractivity contribution in [2.45, 2.75) is 12.6 Å². The van der Waals surface area contributed by atoms with E-state index in [0.29, 0.717) is 12.3 Å². The molecule has 1 amide bonds. The number of aromatic nitrogens is 4. The van der Waals surface area contributed by atoms with Gasteiger partial charge in [0.05, 0.1) is 19.4 Å². The standard InChI is InChI=1S/C18H18N6O3/c25-18(17-20-10-21-22-17)24-9-12-7-13(23-3-5-26-6-4-23)1-2-14(12)16(24)15-8-19-11-27-15/h1-2,7-8,10-11,16H,3-6,9H2,(H,20,21,22). The van der Waals surface area contributed by atoms with Gasteiger partial charge in [-0.05, 0) is 23.3 Å². The maximum atomic E-state index is 13.0. The summed E-state index contributed by atoms with van der Waals surface area (Å²) in [6.45, 7) is 3.66. The number of carbonyl (C=O) groups excluding carboxylic acids is 1. The number of oxazole rings is 1. The molecule has 138 valence electrons. The van der Waals surface area contributed by atoms with Crippen molar-refractivity contribution < 1.29 is 13.9 Å². The third-order valence-electron chi connectivity index (χ3n) is 5.05. The molecule has 0 saturated carbocycles. The molecule has 9 nitrogen and oxygen atoms in total. The maximum Gasteiger partial charge on any atom is 0.292 e. The van der Waals surface area contributed by atoms with E-state index >= 15 is 0 Å². The predicted molar refractivity (Wildman–Crippen MR) is 94.1 cm³/mol. The lowest BCUT2D eigenvalue weighted by molar-refractivity contribution is 0.0691. The van der Waals surface area contributed by atoms with Crippen molar-refractivity contribution in [3.8, 4) is 0 Å². The van der Waals surface area contributed by atoms with E-state index in [0.717, 1.165) is 43.1 Å². The fourth-order valence-electron chi connectivity index (χ4n) is 3.76. The second kappa shape index (κ2) is 6.51. The SMILES string of the molecule is O=C(c1ncn[nH]1)N1Cc2cc(N3CCOCC3)ccc2C1c1cnco1. The van der Waals surface area contributed by atoms with Gasteiger partial charge in [0, 0.05) is 25.3 Å². The molecule has 1 fully saturated rings. The molecular weight excluding hydrogens is 348 g/mol. The number of anilines is 1. The zero-order chi connectivity index (χ0) is 18.2. The molecule has 27 heavy (non-hydrogen) atoms. The van der Waals surface area contributed by atoms with Crippen molar-refractivity contribution in [3.63, 3.8) is 0 Å². The van der Waals surface area contributed by atoms with Gasteiger partial charge in [0.1, 0.15) is 12.4 Å². The molecular formula is C18H18N6O3. The number of ether oxygens (including phenoxy) is 1. The summed E-state index contributed by atoms with van der Waals surface area (Å²) in [5.41, 5.74) is 3.27. The Balaban J connectivity index is 1.52. The highest BCUT2D eigenvalue weighted by Gasteiger charge is 2.38. The van der Waals surface area contributed by atoms with Crippen molar-refractivity contribution in [3.05, 3.63) is 59.8 Å². The molecule has 1 saturated heterocycles. The fraction of sp³-hybridized carbons (Fsp3) is 0.333. The smallest absolute Gasteiger partial charge is 0.292 e. The highest BCUT2D eigenvalue weighted by atomic mass is 16.5. The third-order valence-corrected chi connectivity index (χ3v) is 5.05. The molecule has 0 bridgehead atoms. The van der Waals surface area contributed by atoms with E-state index in [-0.39, 0.29) is 17.8 Å². The minimum atomic E-state index is -0.334. The first-order valence-electron chi connectivity index (χ1n) is 8.81. The van der Waals surface area contributed by atoms with Crippen molar-refractivity contribution in [2.24, 2.45) is 0 Å². The van der Waals surface area contributed by atoms with Gasteiger partial charge in [-0.25, -0.2) is 9.97 Å². The second-order valence-electron chi connectivity index (χ2n) is 6.56. The van der Waals surface area contributed by atoms with Gasteiger partial charge in [-0.2, -0.15) is 5.10 Å². The highest BCUT2D eigenvalue weighted by molar-refractivity contribution is 5.91. The zero-order valence-electron chi connectivity index (χ0n) is 14.5. The quantitative estimate of drug-likeness (QED) is 0.747. The van der Waals surface area contributed by atoms with Crippen molar-refractivity contribution in [1.29, 1.82) is 0 Å². The van der Waals surface area contributed by atoms with Gasteiger partial charge in [-0.15, -0.1) is 0 Å². The van der Waals surface area contributed by atoms with Crippen LogP contribution in [-0.2, 0) is 11.3 Å². The number of benzene rings is 1. The Kier molecular flexibility index (Phi) is 3.86. The summed E-state index contributed by atoms with van der Waals surface area (Å²) >= 11 is 0. The number of hydrogen-bond donors (Lipinski definition) is 1. The molecule has 2 aromatic heterocycles. The van der Waals surface area contributed by atoms with Crippen LogP contribution in [0.1, 0.15) is 33.5 Å². The lowest BCUT2D eigenvalue weighted by Crippen LogP contribution is -2.36. The van der Waals surface area contributed by atoms with E-state index in [1.165, 1.54) is 12.7 Å². The van der Waals surface area contributed by atoms with Gasteiger partial charge in [-0.3, -0.25) is 9.89 Å². The summed E-state index contributed by atoms with van der Waals surface area (Å²) in [7, 11) is 0. The van der Waals surface area contributed by atoms with Crippen LogP contribution in [0.3, 0.4) is 0 Å². The van der Waals surface area contributed by atoms with Crippen molar-refractivity contribution in [2.75, 3.05) is 31.2 Å². The van der Waals surface area contributed by atoms with Crippen LogP contribution in [0.25, 0.3) is 0 Å². The monoisotopic (exact) mass is 366 g/mol. The summed E-state index contributed by atoms with van der Waals surface area (Å²) in [6.07, 6.45) is 4.36. The first kappa shape index (κ1) is 16.0. The Morgan fingerprint density at radius 2 is 2.15 bits per heavy atom. The molecule has 3 aromatic rings. The van der Waals surface area contributed by atoms with Crippen molar-refractivity contribution >= 4 is 11.6 Å². The minimum Gasteiger partial charge on any atom is -0.446 e. The summed E-state index contributed by atoms with van der Waals surface area (Å²) < 4.78 is 11.0. The molecule has 5 rings (SSSR count). The van der Waals surface area contributed by atoms with Gasteiger partial charge in [-0.1, -0.05) is 6.07 Å². The van der Waals surface area contributed by atoms with Crippen LogP contribution in [0.15, 0.2) is 41.5 Å². The number of fused-ring (bicyclic) bond motifs is 1. The minimum absolute atomic E-state index is 0.209. The van der Waals surface area contributed by atoms with Crippen LogP contribution in [0, 0.1) is 0 Å². The van der Waals surface area contributed by atoms with Crippen LogP contribution in [0.5, 0.6) is 0 Å². The molecule has 2 aliphatic rings. The molecule has 2 aliphatic heterocycles. The summed E-state index contributed by atoms with van der Waals surface area (Å²) in [5, 5.41) is 6.44. The first-order valence-corrected chi connectivity index (χ1v) is 8.81. The fourth-order valence-corrected chi connectivity index (χ4v) is 3.76. The number of amides is 1. The second-order valence-corrected chi connectivity index (χ2v) is 6.56. The molecule has 9 heteroatoms. The van der Waals surface area contributed by atoms with Crippen molar-refractivity contribution in [1.82, 2.24) is 25.1 Å². The van der Waals surface area contributed by atoms with Crippen LogP contribution in [0.4, 0.5) is 5.69 Å². The van der Waals surface area contributed by atoms with Gasteiger partial charge in [0.15, 0.2) is 12.2 Å². The molecule has 0 aliphatic carbocycles. The third kappa shape index (κ3) is 2.76. The largest absolute Gasteiger partial charge is 0.446 e. The van der Waals surface area contributed by atoms with Gasteiger partial charge < -0.3 is 19.0 Å². The average molecular weight is 366 g/mol. The van der Waals surface area contributed by atoms with Gasteiger partial charge in [0.25, 0.3) is 5.91 Å². The Hall–Kier alpha value is -3.20. The Morgan fingerprint density at radius 3 is 2.89 bits per heavy atom. The van der Waals surface area contributed by atoms with E-state index in [4.69, 9.17) is 9.15 Å². The lowest BCUT2D eigenvalue weighted by atomic mass is 10.0. The van der Waals surface area contributed by atoms with Crippen LogP contribution < -0.4 is 4.90 Å². The number of hydrogen-bond acceptors (Lipinski definition) is 7. The molecule has 0 radical (unpaired) electrons. The number of nitrogens with one attached hydrogen (secondary N) is 1. The predicted octanol–water partition coefficient (Wildman–Crippen LogP) is 1.37. The van der Waals surface area contributed by atoms with Crippen LogP contribution in [0.2, 0.25) is 0 Å². The maximum absolute atomic E-state index is 13.0. The van der Waals surface area contributed by atoms with Crippen LogP contribution >= 0.6 is 0 Å². The van der Waals surface area contributed by atoms with Gasteiger partial charge >= 0.3 is 0 Å². The first-order chi connectivity index (χ1) is 13.3. The van der Waals surface area contributed by atoms with Crippen LogP contribution in [-0.4, -0.2) is 57.3 Å². The molecule has 1 aromatic carbocycles. The normalized spacial score (nSPS) is 19.3. The molecule has 1 unspecified atom stereocenters. The number of carbonyl (C=O) groups is 1. The topological polar surface area (TPSA) is 100 Å². The number of aromatic amines is 1. The number of rotatable bonds is 3. The molecule has 0 spiro atoms. The summed E-state index contributed by atoms with van der Waals surface area (Å²) in [4.78, 5) is 25.0.